The summed E-state index contributed by atoms with van der Waals surface area (Å²) in [5, 5.41) is 5.12. The molecular weight excluding hydrogens is 637 g/mol. The minimum absolute atomic E-state index is 1.15. The third kappa shape index (κ3) is 5.01. The molecule has 0 saturated heterocycles. The highest BCUT2D eigenvalue weighted by Gasteiger charge is 2.18. The number of anilines is 3. The molecule has 0 radical (unpaired) electrons. The molecule has 2 aromatic heterocycles. The van der Waals surface area contributed by atoms with E-state index >= 15 is 0 Å². The van der Waals surface area contributed by atoms with Crippen molar-refractivity contribution in [2.45, 2.75) is 0 Å². The second-order valence-electron chi connectivity index (χ2n) is 13.0. The van der Waals surface area contributed by atoms with Gasteiger partial charge in [0.2, 0.25) is 0 Å². The molecule has 8 aromatic carbocycles. The Morgan fingerprint density at radius 3 is 1.59 bits per heavy atom. The van der Waals surface area contributed by atoms with Crippen molar-refractivity contribution in [2.24, 2.45) is 0 Å². The van der Waals surface area contributed by atoms with Crippen molar-refractivity contribution in [1.82, 2.24) is 4.57 Å². The maximum Gasteiger partial charge on any atom is 0.0640 e. The Labute approximate surface area is 300 Å². The zero-order valence-electron chi connectivity index (χ0n) is 27.8. The van der Waals surface area contributed by atoms with Crippen LogP contribution in [0.2, 0.25) is 0 Å². The first-order chi connectivity index (χ1) is 25.3. The first-order valence-corrected chi connectivity index (χ1v) is 18.2. The molecule has 240 valence electrons. The molecule has 0 aliphatic rings. The number of thiophene rings is 1. The lowest BCUT2D eigenvalue weighted by molar-refractivity contribution is 1.18. The van der Waals surface area contributed by atoms with Gasteiger partial charge in [-0.15, -0.1) is 11.3 Å². The van der Waals surface area contributed by atoms with Crippen molar-refractivity contribution in [2.75, 3.05) is 4.90 Å². The van der Waals surface area contributed by atoms with E-state index in [4.69, 9.17) is 0 Å². The van der Waals surface area contributed by atoms with E-state index in [1.165, 1.54) is 75.6 Å². The van der Waals surface area contributed by atoms with Crippen LogP contribution in [0.5, 0.6) is 0 Å². The van der Waals surface area contributed by atoms with Gasteiger partial charge in [-0.3, -0.25) is 0 Å². The number of fused-ring (bicyclic) bond motifs is 6. The summed E-state index contributed by atoms with van der Waals surface area (Å²) < 4.78 is 4.96. The topological polar surface area (TPSA) is 8.17 Å². The lowest BCUT2D eigenvalue weighted by Gasteiger charge is -2.25. The molecule has 3 heteroatoms. The van der Waals surface area contributed by atoms with Crippen LogP contribution in [0.25, 0.3) is 69.9 Å². The molecule has 2 nitrogen and oxygen atoms in total. The largest absolute Gasteiger partial charge is 0.309 e. The monoisotopic (exact) mass is 668 g/mol. The Kier molecular flexibility index (Phi) is 7.04. The normalized spacial score (nSPS) is 11.5. The van der Waals surface area contributed by atoms with Gasteiger partial charge >= 0.3 is 0 Å². The molecule has 10 rings (SSSR count). The highest BCUT2D eigenvalue weighted by molar-refractivity contribution is 7.26. The van der Waals surface area contributed by atoms with Gasteiger partial charge in [0, 0.05) is 43.3 Å². The van der Waals surface area contributed by atoms with Crippen molar-refractivity contribution >= 4 is 70.4 Å². The van der Waals surface area contributed by atoms with E-state index < -0.39 is 0 Å². The molecule has 0 fully saturated rings. The fourth-order valence-corrected chi connectivity index (χ4v) is 8.83. The highest BCUT2D eigenvalue weighted by atomic mass is 32.1. The Morgan fingerprint density at radius 2 is 0.902 bits per heavy atom. The summed E-state index contributed by atoms with van der Waals surface area (Å²) in [5.74, 6) is 0. The van der Waals surface area contributed by atoms with Crippen LogP contribution in [0.4, 0.5) is 17.1 Å². The number of hydrogen-bond acceptors (Lipinski definition) is 2. The second-order valence-corrected chi connectivity index (χ2v) is 14.0. The smallest absolute Gasteiger partial charge is 0.0640 e. The summed E-state index contributed by atoms with van der Waals surface area (Å²) in [4.78, 5) is 2.37. The molecule has 10 aromatic rings. The molecule has 0 N–H and O–H groups in total. The van der Waals surface area contributed by atoms with Gasteiger partial charge in [0.1, 0.15) is 0 Å². The van der Waals surface area contributed by atoms with E-state index in [2.05, 4.69) is 204 Å². The van der Waals surface area contributed by atoms with Gasteiger partial charge in [0.25, 0.3) is 0 Å². The van der Waals surface area contributed by atoms with Gasteiger partial charge < -0.3 is 9.47 Å². The summed E-state index contributed by atoms with van der Waals surface area (Å²) in [5.41, 5.74) is 12.0. The standard InChI is InChI=1S/C48H32N2S/c1-4-13-37(14-5-1)49(38-15-6-2-7-16-38)45-22-12-20-43-42-30-28-36(32-47(42)51-48(43)45)34-25-23-33(24-26-34)35-27-29-41-40-19-10-11-21-44(40)50(46(41)31-35)39-17-8-3-9-18-39/h1-32H. The number of aromatic nitrogens is 1. The SMILES string of the molecule is c1ccc(N(c2ccccc2)c2cccc3c2sc2cc(-c4ccc(-c5ccc6c7ccccc7n(-c7ccccc7)c6c5)cc4)ccc23)cc1. The van der Waals surface area contributed by atoms with Gasteiger partial charge in [-0.2, -0.15) is 0 Å². The number of rotatable bonds is 6. The minimum atomic E-state index is 1.15. The number of benzene rings is 8. The van der Waals surface area contributed by atoms with E-state index in [9.17, 15) is 0 Å². The van der Waals surface area contributed by atoms with E-state index in [0.717, 1.165) is 11.4 Å². The zero-order valence-corrected chi connectivity index (χ0v) is 28.6. The van der Waals surface area contributed by atoms with Crippen molar-refractivity contribution in [3.05, 3.63) is 194 Å². The molecule has 0 unspecified atom stereocenters. The van der Waals surface area contributed by atoms with Crippen LogP contribution in [-0.4, -0.2) is 4.57 Å². The Hall–Kier alpha value is -6.42. The summed E-state index contributed by atoms with van der Waals surface area (Å²) in [6, 6.07) is 70.2. The van der Waals surface area contributed by atoms with E-state index in [1.54, 1.807) is 0 Å². The average molecular weight is 669 g/mol. The number of hydrogen-bond donors (Lipinski definition) is 0. The lowest BCUT2D eigenvalue weighted by atomic mass is 9.98. The molecule has 0 spiro atoms. The third-order valence-corrected chi connectivity index (χ3v) is 11.2. The van der Waals surface area contributed by atoms with Crippen LogP contribution >= 0.6 is 11.3 Å². The third-order valence-electron chi connectivity index (χ3n) is 9.99. The van der Waals surface area contributed by atoms with Gasteiger partial charge in [0.05, 0.1) is 21.4 Å². The Balaban J connectivity index is 1.03. The minimum Gasteiger partial charge on any atom is -0.309 e. The van der Waals surface area contributed by atoms with Crippen molar-refractivity contribution < 1.29 is 0 Å². The average Bonchev–Trinajstić information content (AvgIpc) is 3.75. The molecule has 0 aliphatic carbocycles. The predicted molar refractivity (Wildman–Crippen MR) is 219 cm³/mol. The second kappa shape index (κ2) is 12.2. The van der Waals surface area contributed by atoms with Gasteiger partial charge in [0.15, 0.2) is 0 Å². The molecule has 0 aliphatic heterocycles. The molecular formula is C48H32N2S. The van der Waals surface area contributed by atoms with Gasteiger partial charge in [-0.25, -0.2) is 0 Å². The van der Waals surface area contributed by atoms with Crippen LogP contribution < -0.4 is 4.90 Å². The molecule has 0 atom stereocenters. The summed E-state index contributed by atoms with van der Waals surface area (Å²) in [6.07, 6.45) is 0. The first kappa shape index (κ1) is 29.5. The fourth-order valence-electron chi connectivity index (χ4n) is 7.58. The van der Waals surface area contributed by atoms with Crippen LogP contribution in [0.3, 0.4) is 0 Å². The van der Waals surface area contributed by atoms with Crippen molar-refractivity contribution in [1.29, 1.82) is 0 Å². The molecule has 51 heavy (non-hydrogen) atoms. The Morgan fingerprint density at radius 1 is 0.373 bits per heavy atom. The fraction of sp³-hybridized carbons (Fsp3) is 0. The van der Waals surface area contributed by atoms with Crippen LogP contribution in [0, 0.1) is 0 Å². The summed E-state index contributed by atoms with van der Waals surface area (Å²) in [6.45, 7) is 0. The highest BCUT2D eigenvalue weighted by Crippen LogP contribution is 2.45. The molecule has 0 amide bonds. The zero-order chi connectivity index (χ0) is 33.7. The van der Waals surface area contributed by atoms with E-state index in [1.807, 2.05) is 11.3 Å². The summed E-state index contributed by atoms with van der Waals surface area (Å²) >= 11 is 1.87. The summed E-state index contributed by atoms with van der Waals surface area (Å²) in [7, 11) is 0. The van der Waals surface area contributed by atoms with Crippen molar-refractivity contribution in [3.63, 3.8) is 0 Å². The van der Waals surface area contributed by atoms with E-state index in [-0.39, 0.29) is 0 Å². The maximum atomic E-state index is 2.38. The van der Waals surface area contributed by atoms with Crippen LogP contribution in [0.1, 0.15) is 0 Å². The number of para-hydroxylation sites is 4. The van der Waals surface area contributed by atoms with Crippen LogP contribution in [-0.2, 0) is 0 Å². The predicted octanol–water partition coefficient (Wildman–Crippen LogP) is 14.0. The molecule has 0 saturated carbocycles. The van der Waals surface area contributed by atoms with Gasteiger partial charge in [-0.1, -0.05) is 133 Å². The molecule has 0 bridgehead atoms. The molecule has 2 heterocycles. The van der Waals surface area contributed by atoms with Crippen molar-refractivity contribution in [3.8, 4) is 27.9 Å². The first-order valence-electron chi connectivity index (χ1n) is 17.4. The maximum absolute atomic E-state index is 2.38. The lowest BCUT2D eigenvalue weighted by Crippen LogP contribution is -2.09. The van der Waals surface area contributed by atoms with E-state index in [0.29, 0.717) is 0 Å². The number of nitrogens with zero attached hydrogens (tertiary/aromatic N) is 2. The quantitative estimate of drug-likeness (QED) is 0.171. The van der Waals surface area contributed by atoms with Gasteiger partial charge in [-0.05, 0) is 82.9 Å². The Bertz CT molecular complexity index is 2790. The van der Waals surface area contributed by atoms with Crippen LogP contribution in [0.15, 0.2) is 194 Å².